The van der Waals surface area contributed by atoms with Crippen molar-refractivity contribution in [1.82, 2.24) is 15.1 Å². The monoisotopic (exact) mass is 224 g/mol. The topological polar surface area (TPSA) is 72.9 Å². The molecule has 0 aromatic carbocycles. The summed E-state index contributed by atoms with van der Waals surface area (Å²) in [7, 11) is 0. The second kappa shape index (κ2) is 6.15. The molecular formula is C11H20N4O. The maximum absolute atomic E-state index is 11.4. The van der Waals surface area contributed by atoms with Gasteiger partial charge in [-0.05, 0) is 12.3 Å². The molecule has 0 bridgehead atoms. The van der Waals surface area contributed by atoms with Gasteiger partial charge in [0.2, 0.25) is 5.91 Å². The summed E-state index contributed by atoms with van der Waals surface area (Å²) in [5.41, 5.74) is 6.17. The van der Waals surface area contributed by atoms with Crippen LogP contribution in [-0.4, -0.2) is 22.2 Å². The van der Waals surface area contributed by atoms with Crippen molar-refractivity contribution in [3.8, 4) is 0 Å². The Morgan fingerprint density at radius 1 is 1.62 bits per heavy atom. The molecule has 1 heterocycles. The Bertz CT molecular complexity index is 332. The molecule has 5 nitrogen and oxygen atoms in total. The van der Waals surface area contributed by atoms with Crippen LogP contribution in [0.15, 0.2) is 12.4 Å². The molecule has 3 N–H and O–H groups in total. The van der Waals surface area contributed by atoms with E-state index in [4.69, 9.17) is 5.73 Å². The van der Waals surface area contributed by atoms with Crippen LogP contribution in [0.25, 0.3) is 0 Å². The van der Waals surface area contributed by atoms with Gasteiger partial charge in [0.1, 0.15) is 0 Å². The molecule has 16 heavy (non-hydrogen) atoms. The number of anilines is 1. The van der Waals surface area contributed by atoms with Gasteiger partial charge in [-0.15, -0.1) is 0 Å². The minimum Gasteiger partial charge on any atom is -0.396 e. The highest BCUT2D eigenvalue weighted by molar-refractivity contribution is 5.75. The number of nitrogens with zero attached hydrogens (tertiary/aromatic N) is 2. The Balaban J connectivity index is 2.13. The lowest BCUT2D eigenvalue weighted by atomic mass is 10.1. The number of amides is 1. The van der Waals surface area contributed by atoms with Crippen LogP contribution in [0.3, 0.4) is 0 Å². The highest BCUT2D eigenvalue weighted by Gasteiger charge is 2.02. The molecule has 5 heteroatoms. The van der Waals surface area contributed by atoms with Crippen LogP contribution in [0.5, 0.6) is 0 Å². The summed E-state index contributed by atoms with van der Waals surface area (Å²) < 4.78 is 1.72. The summed E-state index contributed by atoms with van der Waals surface area (Å²) in [6.45, 7) is 5.47. The zero-order valence-electron chi connectivity index (χ0n) is 9.94. The van der Waals surface area contributed by atoms with E-state index in [9.17, 15) is 4.79 Å². The zero-order chi connectivity index (χ0) is 12.0. The van der Waals surface area contributed by atoms with Crippen LogP contribution in [0, 0.1) is 5.92 Å². The van der Waals surface area contributed by atoms with Gasteiger partial charge < -0.3 is 11.1 Å². The van der Waals surface area contributed by atoms with Crippen molar-refractivity contribution in [3.63, 3.8) is 0 Å². The Hall–Kier alpha value is -1.52. The first kappa shape index (κ1) is 12.5. The second-order valence-electron chi connectivity index (χ2n) is 4.32. The van der Waals surface area contributed by atoms with Crippen molar-refractivity contribution in [1.29, 1.82) is 0 Å². The summed E-state index contributed by atoms with van der Waals surface area (Å²) in [4.78, 5) is 11.4. The van der Waals surface area contributed by atoms with E-state index in [2.05, 4.69) is 24.3 Å². The molecule has 0 unspecified atom stereocenters. The number of rotatable bonds is 6. The van der Waals surface area contributed by atoms with E-state index in [0.29, 0.717) is 31.1 Å². The molecule has 1 amide bonds. The van der Waals surface area contributed by atoms with E-state index >= 15 is 0 Å². The molecule has 0 fully saturated rings. The third-order valence-electron chi connectivity index (χ3n) is 2.27. The molecule has 0 radical (unpaired) electrons. The van der Waals surface area contributed by atoms with Crippen molar-refractivity contribution in [3.05, 3.63) is 12.4 Å². The lowest BCUT2D eigenvalue weighted by Gasteiger charge is -2.06. The van der Waals surface area contributed by atoms with Gasteiger partial charge in [-0.2, -0.15) is 5.10 Å². The lowest BCUT2D eigenvalue weighted by Crippen LogP contribution is -2.27. The quantitative estimate of drug-likeness (QED) is 0.757. The number of carbonyl (C=O) groups is 1. The van der Waals surface area contributed by atoms with Crippen molar-refractivity contribution in [2.75, 3.05) is 12.3 Å². The van der Waals surface area contributed by atoms with Crippen molar-refractivity contribution in [2.45, 2.75) is 33.2 Å². The second-order valence-corrected chi connectivity index (χ2v) is 4.32. The fourth-order valence-electron chi connectivity index (χ4n) is 1.32. The smallest absolute Gasteiger partial charge is 0.220 e. The number of aromatic nitrogens is 2. The van der Waals surface area contributed by atoms with Gasteiger partial charge in [-0.3, -0.25) is 9.48 Å². The molecule has 0 aliphatic rings. The Labute approximate surface area is 96.0 Å². The zero-order valence-corrected chi connectivity index (χ0v) is 9.94. The van der Waals surface area contributed by atoms with Gasteiger partial charge in [-0.25, -0.2) is 0 Å². The van der Waals surface area contributed by atoms with Gasteiger partial charge in [0.25, 0.3) is 0 Å². The maximum Gasteiger partial charge on any atom is 0.220 e. The Morgan fingerprint density at radius 3 is 2.94 bits per heavy atom. The normalized spacial score (nSPS) is 10.7. The van der Waals surface area contributed by atoms with Crippen LogP contribution in [0.2, 0.25) is 0 Å². The summed E-state index contributed by atoms with van der Waals surface area (Å²) >= 11 is 0. The predicted octanol–water partition coefficient (Wildman–Crippen LogP) is 1.02. The van der Waals surface area contributed by atoms with Crippen LogP contribution in [0.4, 0.5) is 5.69 Å². The fraction of sp³-hybridized carbons (Fsp3) is 0.636. The standard InChI is InChI=1S/C11H20N4O/c1-9(2)3-4-11(16)13-5-6-15-8-10(12)7-14-15/h7-9H,3-6,12H2,1-2H3,(H,13,16). The van der Waals surface area contributed by atoms with Gasteiger partial charge in [0, 0.05) is 19.2 Å². The van der Waals surface area contributed by atoms with Crippen LogP contribution < -0.4 is 11.1 Å². The minimum absolute atomic E-state index is 0.105. The first-order valence-corrected chi connectivity index (χ1v) is 5.62. The van der Waals surface area contributed by atoms with Crippen molar-refractivity contribution in [2.24, 2.45) is 5.92 Å². The SMILES string of the molecule is CC(C)CCC(=O)NCCn1cc(N)cn1. The van der Waals surface area contributed by atoms with E-state index in [0.717, 1.165) is 6.42 Å². The summed E-state index contributed by atoms with van der Waals surface area (Å²) in [5.74, 6) is 0.672. The highest BCUT2D eigenvalue weighted by Crippen LogP contribution is 2.02. The number of carbonyl (C=O) groups excluding carboxylic acids is 1. The first-order valence-electron chi connectivity index (χ1n) is 5.62. The molecular weight excluding hydrogens is 204 g/mol. The predicted molar refractivity (Wildman–Crippen MR) is 63.7 cm³/mol. The molecule has 1 aromatic heterocycles. The highest BCUT2D eigenvalue weighted by atomic mass is 16.1. The molecule has 1 aromatic rings. The average molecular weight is 224 g/mol. The molecule has 0 saturated heterocycles. The average Bonchev–Trinajstić information content (AvgIpc) is 2.61. The van der Waals surface area contributed by atoms with Crippen LogP contribution >= 0.6 is 0 Å². The maximum atomic E-state index is 11.4. The summed E-state index contributed by atoms with van der Waals surface area (Å²) in [5, 5.41) is 6.88. The first-order chi connectivity index (χ1) is 7.58. The third-order valence-corrected chi connectivity index (χ3v) is 2.27. The van der Waals surface area contributed by atoms with E-state index in [-0.39, 0.29) is 5.91 Å². The molecule has 0 aliphatic heterocycles. The van der Waals surface area contributed by atoms with Gasteiger partial charge in [-0.1, -0.05) is 13.8 Å². The van der Waals surface area contributed by atoms with E-state index in [1.54, 1.807) is 17.1 Å². The van der Waals surface area contributed by atoms with E-state index < -0.39 is 0 Å². The summed E-state index contributed by atoms with van der Waals surface area (Å²) in [6, 6.07) is 0. The minimum atomic E-state index is 0.105. The van der Waals surface area contributed by atoms with E-state index in [1.807, 2.05) is 0 Å². The fourth-order valence-corrected chi connectivity index (χ4v) is 1.32. The van der Waals surface area contributed by atoms with Gasteiger partial charge in [0.05, 0.1) is 18.4 Å². The third kappa shape index (κ3) is 4.82. The number of hydrogen-bond donors (Lipinski definition) is 2. The molecule has 0 saturated carbocycles. The molecule has 90 valence electrons. The number of nitrogens with two attached hydrogens (primary N) is 1. The largest absolute Gasteiger partial charge is 0.396 e. The lowest BCUT2D eigenvalue weighted by molar-refractivity contribution is -0.121. The molecule has 1 rings (SSSR count). The van der Waals surface area contributed by atoms with Crippen LogP contribution in [0.1, 0.15) is 26.7 Å². The van der Waals surface area contributed by atoms with E-state index in [1.165, 1.54) is 0 Å². The Morgan fingerprint density at radius 2 is 2.38 bits per heavy atom. The molecule has 0 spiro atoms. The molecule has 0 atom stereocenters. The number of nitrogen functional groups attached to an aromatic ring is 1. The molecule has 0 aliphatic carbocycles. The van der Waals surface area contributed by atoms with Gasteiger partial charge >= 0.3 is 0 Å². The van der Waals surface area contributed by atoms with Crippen molar-refractivity contribution >= 4 is 11.6 Å². The number of nitrogens with one attached hydrogen (secondary N) is 1. The van der Waals surface area contributed by atoms with Crippen LogP contribution in [-0.2, 0) is 11.3 Å². The number of hydrogen-bond acceptors (Lipinski definition) is 3. The van der Waals surface area contributed by atoms with Crippen molar-refractivity contribution < 1.29 is 4.79 Å². The van der Waals surface area contributed by atoms with Gasteiger partial charge in [0.15, 0.2) is 0 Å². The Kier molecular flexibility index (Phi) is 4.82. The summed E-state index contributed by atoms with van der Waals surface area (Å²) in [6.07, 6.45) is 4.88.